The lowest BCUT2D eigenvalue weighted by Crippen LogP contribution is -2.29. The molecule has 0 bridgehead atoms. The van der Waals surface area contributed by atoms with Gasteiger partial charge in [0.2, 0.25) is 0 Å². The summed E-state index contributed by atoms with van der Waals surface area (Å²) >= 11 is 6.07. The molecule has 3 aromatic carbocycles. The van der Waals surface area contributed by atoms with Gasteiger partial charge in [-0.2, -0.15) is 0 Å². The molecule has 1 amide bonds. The molecular formula is C27H21ClN2O4. The van der Waals surface area contributed by atoms with Crippen LogP contribution in [0.4, 0.5) is 5.69 Å². The van der Waals surface area contributed by atoms with E-state index in [0.29, 0.717) is 22.0 Å². The third kappa shape index (κ3) is 3.43. The summed E-state index contributed by atoms with van der Waals surface area (Å²) in [5, 5.41) is 12.7. The van der Waals surface area contributed by atoms with Crippen molar-refractivity contribution < 1.29 is 19.4 Å². The van der Waals surface area contributed by atoms with Crippen LogP contribution in [0.15, 0.2) is 78.4 Å². The topological polar surface area (TPSA) is 82.6 Å². The number of hydrogen-bond acceptors (Lipinski definition) is 4. The lowest BCUT2D eigenvalue weighted by atomic mass is 9.93. The first-order chi connectivity index (χ1) is 16.4. The third-order valence-electron chi connectivity index (χ3n) is 6.13. The number of ketones is 1. The molecule has 1 atom stereocenters. The number of fused-ring (bicyclic) bond motifs is 1. The van der Waals surface area contributed by atoms with Crippen molar-refractivity contribution in [3.05, 3.63) is 100 Å². The zero-order chi connectivity index (χ0) is 24.0. The van der Waals surface area contributed by atoms with Gasteiger partial charge < -0.3 is 14.8 Å². The van der Waals surface area contributed by atoms with E-state index in [2.05, 4.69) is 4.98 Å². The number of nitrogens with zero attached hydrogens (tertiary/aromatic N) is 1. The Bertz CT molecular complexity index is 1450. The van der Waals surface area contributed by atoms with Gasteiger partial charge in [0.25, 0.3) is 11.7 Å². The van der Waals surface area contributed by atoms with Gasteiger partial charge in [0, 0.05) is 38.4 Å². The average molecular weight is 473 g/mol. The number of rotatable bonds is 4. The summed E-state index contributed by atoms with van der Waals surface area (Å²) in [7, 11) is 1.55. The molecule has 0 saturated carbocycles. The highest BCUT2D eigenvalue weighted by Crippen LogP contribution is 2.45. The molecule has 2 heterocycles. The molecule has 7 heteroatoms. The molecule has 1 aliphatic heterocycles. The number of anilines is 1. The van der Waals surface area contributed by atoms with Crippen LogP contribution in [0.3, 0.4) is 0 Å². The number of nitrogens with one attached hydrogen (secondary N) is 1. The van der Waals surface area contributed by atoms with Gasteiger partial charge in [-0.25, -0.2) is 0 Å². The molecule has 1 aromatic heterocycles. The molecule has 1 aliphatic rings. The minimum atomic E-state index is -0.834. The Hall–Kier alpha value is -4.03. The van der Waals surface area contributed by atoms with Crippen LogP contribution in [0, 0.1) is 6.92 Å². The second-order valence-electron chi connectivity index (χ2n) is 8.08. The average Bonchev–Trinajstić information content (AvgIpc) is 3.31. The van der Waals surface area contributed by atoms with E-state index in [0.717, 1.165) is 22.2 Å². The molecular weight excluding hydrogens is 452 g/mol. The number of amides is 1. The second kappa shape index (κ2) is 8.39. The summed E-state index contributed by atoms with van der Waals surface area (Å²) < 4.78 is 5.20. The number of Topliss-reactive ketones (excluding diaryl/α,β-unsaturated/α-hetero) is 1. The number of aliphatic hydroxyl groups is 1. The first-order valence-corrected chi connectivity index (χ1v) is 11.1. The Labute approximate surface area is 201 Å². The van der Waals surface area contributed by atoms with Gasteiger partial charge in [-0.15, -0.1) is 0 Å². The summed E-state index contributed by atoms with van der Waals surface area (Å²) in [5.74, 6) is -1.10. The first-order valence-electron chi connectivity index (χ1n) is 10.7. The molecule has 5 rings (SSSR count). The number of methoxy groups -OCH3 is 1. The number of halogens is 1. The van der Waals surface area contributed by atoms with E-state index < -0.39 is 17.7 Å². The summed E-state index contributed by atoms with van der Waals surface area (Å²) in [6.45, 7) is 1.89. The smallest absolute Gasteiger partial charge is 0.300 e. The molecule has 0 aliphatic carbocycles. The monoisotopic (exact) mass is 472 g/mol. The van der Waals surface area contributed by atoms with Gasteiger partial charge in [-0.3, -0.25) is 14.5 Å². The Morgan fingerprint density at radius 1 is 1.00 bits per heavy atom. The largest absolute Gasteiger partial charge is 0.507 e. The molecule has 170 valence electrons. The zero-order valence-corrected chi connectivity index (χ0v) is 19.3. The number of aromatic amines is 1. The van der Waals surface area contributed by atoms with Crippen LogP contribution in [0.2, 0.25) is 5.02 Å². The number of carbonyl (C=O) groups is 2. The number of aromatic nitrogens is 1. The number of ether oxygens (including phenoxy) is 1. The van der Waals surface area contributed by atoms with Crippen LogP contribution in [-0.4, -0.2) is 28.9 Å². The fraction of sp³-hybridized carbons (Fsp3) is 0.111. The van der Waals surface area contributed by atoms with Crippen molar-refractivity contribution in [2.24, 2.45) is 0 Å². The molecule has 2 N–H and O–H groups in total. The van der Waals surface area contributed by atoms with Gasteiger partial charge in [0.15, 0.2) is 0 Å². The van der Waals surface area contributed by atoms with E-state index in [1.165, 1.54) is 4.90 Å². The quantitative estimate of drug-likeness (QED) is 0.224. The molecule has 4 aromatic rings. The molecule has 0 radical (unpaired) electrons. The Morgan fingerprint density at radius 3 is 2.35 bits per heavy atom. The summed E-state index contributed by atoms with van der Waals surface area (Å²) in [4.78, 5) is 31.5. The fourth-order valence-corrected chi connectivity index (χ4v) is 4.65. The lowest BCUT2D eigenvalue weighted by molar-refractivity contribution is -0.132. The van der Waals surface area contributed by atoms with Crippen molar-refractivity contribution in [1.29, 1.82) is 0 Å². The highest BCUT2D eigenvalue weighted by molar-refractivity contribution is 6.52. The number of aliphatic hydroxyl groups excluding tert-OH is 1. The lowest BCUT2D eigenvalue weighted by Gasteiger charge is -2.26. The van der Waals surface area contributed by atoms with Gasteiger partial charge in [-0.1, -0.05) is 29.8 Å². The minimum Gasteiger partial charge on any atom is -0.507 e. The van der Waals surface area contributed by atoms with E-state index >= 15 is 0 Å². The number of aryl methyl sites for hydroxylation is 1. The van der Waals surface area contributed by atoms with E-state index in [-0.39, 0.29) is 11.3 Å². The molecule has 6 nitrogen and oxygen atoms in total. The van der Waals surface area contributed by atoms with E-state index in [1.807, 2.05) is 31.2 Å². The standard InChI is InChI=1S/C27H21ClN2O4/c1-15-22(20-5-3-4-6-21(20)29-15)24-23(25(31)16-7-13-19(34-2)14-8-16)26(32)27(33)30(24)18-11-9-17(28)10-12-18/h3-14,24,29,31H,1-2H3/b25-23+. The van der Waals surface area contributed by atoms with Gasteiger partial charge in [-0.05, 0) is 61.5 Å². The van der Waals surface area contributed by atoms with Crippen LogP contribution < -0.4 is 9.64 Å². The number of H-pyrrole nitrogens is 1. The van der Waals surface area contributed by atoms with Crippen molar-refractivity contribution in [3.63, 3.8) is 0 Å². The molecule has 0 spiro atoms. The first kappa shape index (κ1) is 21.8. The number of para-hydroxylation sites is 1. The van der Waals surface area contributed by atoms with Gasteiger partial charge >= 0.3 is 0 Å². The summed E-state index contributed by atoms with van der Waals surface area (Å²) in [6, 6.07) is 20.3. The van der Waals surface area contributed by atoms with E-state index in [9.17, 15) is 14.7 Å². The highest BCUT2D eigenvalue weighted by atomic mass is 35.5. The second-order valence-corrected chi connectivity index (χ2v) is 8.52. The van der Waals surface area contributed by atoms with Gasteiger partial charge in [0.05, 0.1) is 18.7 Å². The van der Waals surface area contributed by atoms with Crippen molar-refractivity contribution >= 4 is 45.6 Å². The Kier molecular flexibility index (Phi) is 5.38. The fourth-order valence-electron chi connectivity index (χ4n) is 4.53. The normalized spacial score (nSPS) is 17.5. The minimum absolute atomic E-state index is 0.0259. The Balaban J connectivity index is 1.78. The van der Waals surface area contributed by atoms with Crippen LogP contribution in [0.1, 0.15) is 22.9 Å². The van der Waals surface area contributed by atoms with Crippen LogP contribution >= 0.6 is 11.6 Å². The maximum Gasteiger partial charge on any atom is 0.300 e. The van der Waals surface area contributed by atoms with Crippen molar-refractivity contribution in [2.45, 2.75) is 13.0 Å². The number of hydrogen-bond donors (Lipinski definition) is 2. The Morgan fingerprint density at radius 2 is 1.68 bits per heavy atom. The van der Waals surface area contributed by atoms with E-state index in [1.54, 1.807) is 55.6 Å². The van der Waals surface area contributed by atoms with Gasteiger partial charge in [0.1, 0.15) is 11.5 Å². The number of carbonyl (C=O) groups excluding carboxylic acids is 2. The predicted octanol–water partition coefficient (Wildman–Crippen LogP) is 5.76. The zero-order valence-electron chi connectivity index (χ0n) is 18.5. The highest BCUT2D eigenvalue weighted by Gasteiger charge is 2.48. The molecule has 1 unspecified atom stereocenters. The van der Waals surface area contributed by atoms with Crippen LogP contribution in [0.5, 0.6) is 5.75 Å². The molecule has 1 saturated heterocycles. The maximum absolute atomic E-state index is 13.4. The number of benzene rings is 3. The third-order valence-corrected chi connectivity index (χ3v) is 6.38. The van der Waals surface area contributed by atoms with Crippen LogP contribution in [-0.2, 0) is 9.59 Å². The summed E-state index contributed by atoms with van der Waals surface area (Å²) in [5.41, 5.74) is 3.37. The SMILES string of the molecule is COc1ccc(/C(O)=C2\C(=O)C(=O)N(c3ccc(Cl)cc3)C2c2c(C)[nH]c3ccccc23)cc1. The predicted molar refractivity (Wildman–Crippen MR) is 132 cm³/mol. The molecule has 1 fully saturated rings. The van der Waals surface area contributed by atoms with Crippen molar-refractivity contribution in [2.75, 3.05) is 12.0 Å². The maximum atomic E-state index is 13.4. The van der Waals surface area contributed by atoms with Crippen molar-refractivity contribution in [1.82, 2.24) is 4.98 Å². The summed E-state index contributed by atoms with van der Waals surface area (Å²) in [6.07, 6.45) is 0. The van der Waals surface area contributed by atoms with Crippen molar-refractivity contribution in [3.8, 4) is 5.75 Å². The van der Waals surface area contributed by atoms with E-state index in [4.69, 9.17) is 16.3 Å². The molecule has 34 heavy (non-hydrogen) atoms. The van der Waals surface area contributed by atoms with Crippen LogP contribution in [0.25, 0.3) is 16.7 Å².